The summed E-state index contributed by atoms with van der Waals surface area (Å²) < 4.78 is 38.9. The lowest BCUT2D eigenvalue weighted by atomic mass is 9.71. The standard InChI is InChI=1S/C16H16F3N5O/c17-16(18,19)12-4-1-3-11(7-12)15(5-2-6-15)23-14-21-8-10(9-22-14)13(25)24-20/h1,3-4,7-9H,2,5-6,20H2,(H,24,25)(H,21,22,23). The first-order valence-corrected chi connectivity index (χ1v) is 7.63. The van der Waals surface area contributed by atoms with Crippen LogP contribution in [0.2, 0.25) is 0 Å². The van der Waals surface area contributed by atoms with E-state index in [0.29, 0.717) is 18.4 Å². The summed E-state index contributed by atoms with van der Waals surface area (Å²) in [7, 11) is 0. The Kier molecular flexibility index (Phi) is 4.34. The highest BCUT2D eigenvalue weighted by atomic mass is 19.4. The maximum atomic E-state index is 13.0. The highest BCUT2D eigenvalue weighted by Crippen LogP contribution is 2.44. The Morgan fingerprint density at radius 2 is 1.88 bits per heavy atom. The molecule has 0 unspecified atom stereocenters. The Morgan fingerprint density at radius 1 is 1.20 bits per heavy atom. The molecule has 4 N–H and O–H groups in total. The highest BCUT2D eigenvalue weighted by molar-refractivity contribution is 5.93. The monoisotopic (exact) mass is 351 g/mol. The van der Waals surface area contributed by atoms with Crippen LogP contribution in [0, 0.1) is 0 Å². The van der Waals surface area contributed by atoms with Crippen molar-refractivity contribution in [3.63, 3.8) is 0 Å². The number of hydrogen-bond donors (Lipinski definition) is 3. The van der Waals surface area contributed by atoms with Crippen LogP contribution in [0.25, 0.3) is 0 Å². The van der Waals surface area contributed by atoms with E-state index in [4.69, 9.17) is 5.84 Å². The lowest BCUT2D eigenvalue weighted by Gasteiger charge is -2.43. The van der Waals surface area contributed by atoms with Gasteiger partial charge >= 0.3 is 6.18 Å². The normalized spacial score (nSPS) is 16.0. The summed E-state index contributed by atoms with van der Waals surface area (Å²) in [5, 5.41) is 3.12. The summed E-state index contributed by atoms with van der Waals surface area (Å²) in [6.45, 7) is 0. The molecule has 1 heterocycles. The van der Waals surface area contributed by atoms with E-state index in [1.54, 1.807) is 6.07 Å². The molecule has 0 bridgehead atoms. The van der Waals surface area contributed by atoms with E-state index in [1.807, 2.05) is 5.43 Å². The zero-order valence-corrected chi connectivity index (χ0v) is 13.1. The molecule has 1 aliphatic carbocycles. The number of nitrogens with zero attached hydrogens (tertiary/aromatic N) is 2. The van der Waals surface area contributed by atoms with E-state index in [-0.39, 0.29) is 11.5 Å². The molecule has 1 amide bonds. The van der Waals surface area contributed by atoms with Crippen LogP contribution >= 0.6 is 0 Å². The molecule has 6 nitrogen and oxygen atoms in total. The third-order valence-electron chi connectivity index (χ3n) is 4.35. The lowest BCUT2D eigenvalue weighted by molar-refractivity contribution is -0.137. The number of nitrogen functional groups attached to an aromatic ring is 1. The van der Waals surface area contributed by atoms with Gasteiger partial charge < -0.3 is 5.32 Å². The lowest BCUT2D eigenvalue weighted by Crippen LogP contribution is -2.42. The first-order chi connectivity index (χ1) is 11.8. The molecule has 1 aliphatic rings. The molecule has 2 aromatic rings. The van der Waals surface area contributed by atoms with Crippen molar-refractivity contribution in [3.05, 3.63) is 53.3 Å². The predicted octanol–water partition coefficient (Wildman–Crippen LogP) is 2.59. The average molecular weight is 351 g/mol. The van der Waals surface area contributed by atoms with Crippen LogP contribution in [0.15, 0.2) is 36.7 Å². The number of aromatic nitrogens is 2. The average Bonchev–Trinajstić information content (AvgIpc) is 2.57. The number of anilines is 1. The summed E-state index contributed by atoms with van der Waals surface area (Å²) in [5.41, 5.74) is 1.38. The molecule has 1 saturated carbocycles. The molecule has 1 aromatic carbocycles. The number of alkyl halides is 3. The second-order valence-electron chi connectivity index (χ2n) is 5.91. The van der Waals surface area contributed by atoms with E-state index in [2.05, 4.69) is 15.3 Å². The molecule has 0 radical (unpaired) electrons. The Morgan fingerprint density at radius 3 is 2.40 bits per heavy atom. The number of carbonyl (C=O) groups is 1. The number of hydrazine groups is 1. The third-order valence-corrected chi connectivity index (χ3v) is 4.35. The molecule has 1 fully saturated rings. The van der Waals surface area contributed by atoms with Gasteiger partial charge in [0.25, 0.3) is 5.91 Å². The van der Waals surface area contributed by atoms with Crippen molar-refractivity contribution >= 4 is 11.9 Å². The largest absolute Gasteiger partial charge is 0.416 e. The van der Waals surface area contributed by atoms with Gasteiger partial charge in [0.05, 0.1) is 16.7 Å². The third kappa shape index (κ3) is 3.41. The number of amides is 1. The molecule has 0 atom stereocenters. The predicted molar refractivity (Wildman–Crippen MR) is 84.3 cm³/mol. The Labute approximate surface area is 141 Å². The van der Waals surface area contributed by atoms with Gasteiger partial charge in [-0.25, -0.2) is 15.8 Å². The molecular weight excluding hydrogens is 335 g/mol. The minimum Gasteiger partial charge on any atom is -0.345 e. The van der Waals surface area contributed by atoms with Gasteiger partial charge in [-0.2, -0.15) is 13.2 Å². The number of hydrogen-bond acceptors (Lipinski definition) is 5. The second kappa shape index (κ2) is 6.32. The van der Waals surface area contributed by atoms with Crippen LogP contribution in [0.5, 0.6) is 0 Å². The van der Waals surface area contributed by atoms with Crippen molar-refractivity contribution in [2.45, 2.75) is 31.0 Å². The summed E-state index contributed by atoms with van der Waals surface area (Å²) in [4.78, 5) is 19.5. The second-order valence-corrected chi connectivity index (χ2v) is 5.91. The molecule has 25 heavy (non-hydrogen) atoms. The fourth-order valence-corrected chi connectivity index (χ4v) is 2.82. The van der Waals surface area contributed by atoms with Gasteiger partial charge in [-0.3, -0.25) is 10.2 Å². The van der Waals surface area contributed by atoms with E-state index < -0.39 is 23.2 Å². The molecule has 0 saturated heterocycles. The van der Waals surface area contributed by atoms with Gasteiger partial charge in [-0.1, -0.05) is 12.1 Å². The van der Waals surface area contributed by atoms with Crippen molar-refractivity contribution in [2.75, 3.05) is 5.32 Å². The van der Waals surface area contributed by atoms with Gasteiger partial charge in [0.15, 0.2) is 0 Å². The zero-order chi connectivity index (χ0) is 18.1. The molecule has 132 valence electrons. The number of nitrogens with one attached hydrogen (secondary N) is 2. The summed E-state index contributed by atoms with van der Waals surface area (Å²) >= 11 is 0. The summed E-state index contributed by atoms with van der Waals surface area (Å²) in [5.74, 6) is 4.75. The topological polar surface area (TPSA) is 92.9 Å². The van der Waals surface area contributed by atoms with Crippen LogP contribution in [0.4, 0.5) is 19.1 Å². The highest BCUT2D eigenvalue weighted by Gasteiger charge is 2.41. The van der Waals surface area contributed by atoms with E-state index in [1.165, 1.54) is 18.5 Å². The number of halogens is 3. The van der Waals surface area contributed by atoms with Gasteiger partial charge in [0, 0.05) is 12.4 Å². The van der Waals surface area contributed by atoms with Crippen LogP contribution in [0.1, 0.15) is 40.7 Å². The van der Waals surface area contributed by atoms with E-state index >= 15 is 0 Å². The zero-order valence-electron chi connectivity index (χ0n) is 13.1. The Hall–Kier alpha value is -2.68. The van der Waals surface area contributed by atoms with Crippen LogP contribution in [0.3, 0.4) is 0 Å². The maximum Gasteiger partial charge on any atom is 0.416 e. The van der Waals surface area contributed by atoms with Crippen molar-refractivity contribution < 1.29 is 18.0 Å². The first kappa shape index (κ1) is 17.2. The minimum absolute atomic E-state index is 0.190. The first-order valence-electron chi connectivity index (χ1n) is 7.63. The molecular formula is C16H16F3N5O. The number of carbonyl (C=O) groups excluding carboxylic acids is 1. The van der Waals surface area contributed by atoms with Crippen LogP contribution in [-0.4, -0.2) is 15.9 Å². The summed E-state index contributed by atoms with van der Waals surface area (Å²) in [6, 6.07) is 5.27. The van der Waals surface area contributed by atoms with Gasteiger partial charge in [0.2, 0.25) is 5.95 Å². The van der Waals surface area contributed by atoms with Crippen LogP contribution < -0.4 is 16.6 Å². The van der Waals surface area contributed by atoms with Gasteiger partial charge in [0.1, 0.15) is 0 Å². The van der Waals surface area contributed by atoms with Gasteiger partial charge in [-0.15, -0.1) is 0 Å². The SMILES string of the molecule is NNC(=O)c1cnc(NC2(c3cccc(C(F)(F)F)c3)CCC2)nc1. The molecule has 9 heteroatoms. The smallest absolute Gasteiger partial charge is 0.345 e. The van der Waals surface area contributed by atoms with E-state index in [0.717, 1.165) is 18.6 Å². The number of rotatable bonds is 4. The fraction of sp³-hybridized carbons (Fsp3) is 0.312. The van der Waals surface area contributed by atoms with Crippen molar-refractivity contribution in [3.8, 4) is 0 Å². The molecule has 1 aromatic heterocycles. The number of nitrogens with two attached hydrogens (primary N) is 1. The number of benzene rings is 1. The van der Waals surface area contributed by atoms with Crippen molar-refractivity contribution in [1.82, 2.24) is 15.4 Å². The molecule has 0 spiro atoms. The fourth-order valence-electron chi connectivity index (χ4n) is 2.82. The minimum atomic E-state index is -4.39. The molecule has 3 rings (SSSR count). The van der Waals surface area contributed by atoms with Crippen molar-refractivity contribution in [1.29, 1.82) is 0 Å². The van der Waals surface area contributed by atoms with Crippen molar-refractivity contribution in [2.24, 2.45) is 5.84 Å². The summed E-state index contributed by atoms with van der Waals surface area (Å²) in [6.07, 6.45) is 0.434. The quantitative estimate of drug-likeness (QED) is 0.447. The van der Waals surface area contributed by atoms with Crippen LogP contribution in [-0.2, 0) is 11.7 Å². The van der Waals surface area contributed by atoms with Gasteiger partial charge in [-0.05, 0) is 37.0 Å². The van der Waals surface area contributed by atoms with E-state index in [9.17, 15) is 18.0 Å². The maximum absolute atomic E-state index is 13.0. The Bertz CT molecular complexity index is 772. The molecule has 0 aliphatic heterocycles. The Balaban J connectivity index is 1.86.